The Balaban J connectivity index is 1.76. The highest BCUT2D eigenvalue weighted by atomic mass is 35.5. The Morgan fingerprint density at radius 1 is 1.16 bits per heavy atom. The molecule has 2 heterocycles. The van der Waals surface area contributed by atoms with Crippen molar-refractivity contribution in [2.45, 2.75) is 12.5 Å². The third-order valence-corrected chi connectivity index (χ3v) is 3.31. The summed E-state index contributed by atoms with van der Waals surface area (Å²) in [5.74, 6) is -0.242. The summed E-state index contributed by atoms with van der Waals surface area (Å²) < 4.78 is 12.9. The molecule has 2 aromatic rings. The molecule has 0 saturated heterocycles. The Bertz CT molecular complexity index is 608. The van der Waals surface area contributed by atoms with Crippen LogP contribution in [0.5, 0.6) is 0 Å². The zero-order valence-electron chi connectivity index (χ0n) is 9.98. The molecule has 1 atom stereocenters. The van der Waals surface area contributed by atoms with Crippen LogP contribution < -0.4 is 5.43 Å². The van der Waals surface area contributed by atoms with E-state index in [1.54, 1.807) is 24.4 Å². The van der Waals surface area contributed by atoms with Crippen LogP contribution in [0.15, 0.2) is 47.7 Å². The van der Waals surface area contributed by atoms with Crippen LogP contribution in [0.1, 0.15) is 23.6 Å². The molecule has 3 rings (SSSR count). The zero-order chi connectivity index (χ0) is 13.2. The van der Waals surface area contributed by atoms with Gasteiger partial charge in [-0.1, -0.05) is 29.8 Å². The van der Waals surface area contributed by atoms with Crippen LogP contribution in [0, 0.1) is 5.82 Å². The van der Waals surface area contributed by atoms with Gasteiger partial charge in [-0.05, 0) is 29.3 Å². The van der Waals surface area contributed by atoms with Crippen molar-refractivity contribution in [3.05, 3.63) is 64.7 Å². The van der Waals surface area contributed by atoms with Crippen molar-refractivity contribution in [2.75, 3.05) is 0 Å². The van der Waals surface area contributed by atoms with Crippen molar-refractivity contribution in [1.82, 2.24) is 10.4 Å². The van der Waals surface area contributed by atoms with Crippen LogP contribution in [0.2, 0.25) is 5.15 Å². The normalized spacial score (nSPS) is 18.0. The average Bonchev–Trinajstić information content (AvgIpc) is 2.90. The van der Waals surface area contributed by atoms with E-state index in [0.29, 0.717) is 5.15 Å². The van der Waals surface area contributed by atoms with E-state index >= 15 is 0 Å². The van der Waals surface area contributed by atoms with Gasteiger partial charge >= 0.3 is 0 Å². The summed E-state index contributed by atoms with van der Waals surface area (Å²) in [6, 6.07) is 10.1. The highest BCUT2D eigenvalue weighted by Gasteiger charge is 2.21. The van der Waals surface area contributed by atoms with Crippen molar-refractivity contribution in [1.29, 1.82) is 0 Å². The van der Waals surface area contributed by atoms with Gasteiger partial charge in [0.2, 0.25) is 0 Å². The summed E-state index contributed by atoms with van der Waals surface area (Å²) in [4.78, 5) is 4.06. The predicted octanol–water partition coefficient (Wildman–Crippen LogP) is 3.31. The molecule has 0 fully saturated rings. The maximum atomic E-state index is 12.9. The number of rotatable bonds is 2. The summed E-state index contributed by atoms with van der Waals surface area (Å²) in [5.41, 5.74) is 5.94. The van der Waals surface area contributed by atoms with Gasteiger partial charge in [0.1, 0.15) is 11.0 Å². The molecule has 96 valence electrons. The van der Waals surface area contributed by atoms with Crippen LogP contribution in [0.25, 0.3) is 0 Å². The maximum Gasteiger partial charge on any atom is 0.129 e. The number of hydrazone groups is 1. The van der Waals surface area contributed by atoms with Crippen molar-refractivity contribution >= 4 is 17.3 Å². The Hall–Kier alpha value is -1.94. The van der Waals surface area contributed by atoms with Gasteiger partial charge in [-0.25, -0.2) is 9.37 Å². The Morgan fingerprint density at radius 3 is 2.63 bits per heavy atom. The number of hydrogen-bond acceptors (Lipinski definition) is 3. The number of nitrogens with one attached hydrogen (secondary N) is 1. The van der Waals surface area contributed by atoms with E-state index in [9.17, 15) is 4.39 Å². The molecular formula is C14H11ClFN3. The van der Waals surface area contributed by atoms with Crippen LogP contribution >= 0.6 is 11.6 Å². The monoisotopic (exact) mass is 275 g/mol. The molecule has 1 aromatic carbocycles. The fourth-order valence-corrected chi connectivity index (χ4v) is 2.16. The van der Waals surface area contributed by atoms with Gasteiger partial charge in [0.25, 0.3) is 0 Å². The molecule has 1 aliphatic heterocycles. The lowest BCUT2D eigenvalue weighted by molar-refractivity contribution is 0.617. The standard InChI is InChI=1S/C14H11ClFN3/c15-14-6-3-10(8-17-14)13-7-12(18-19-13)9-1-4-11(16)5-2-9/h1-6,8,13,19H,7H2. The second-order valence-corrected chi connectivity index (χ2v) is 4.75. The minimum atomic E-state index is -0.242. The summed E-state index contributed by atoms with van der Waals surface area (Å²) in [6.45, 7) is 0. The van der Waals surface area contributed by atoms with Crippen LogP contribution in [0.4, 0.5) is 4.39 Å². The quantitative estimate of drug-likeness (QED) is 0.854. The van der Waals surface area contributed by atoms with Gasteiger partial charge in [0.15, 0.2) is 0 Å². The van der Waals surface area contributed by atoms with E-state index in [1.807, 2.05) is 6.07 Å². The highest BCUT2D eigenvalue weighted by molar-refractivity contribution is 6.29. The zero-order valence-corrected chi connectivity index (χ0v) is 10.7. The minimum Gasteiger partial charge on any atom is -0.302 e. The molecule has 5 heteroatoms. The van der Waals surface area contributed by atoms with Gasteiger partial charge in [-0.2, -0.15) is 5.10 Å². The molecule has 0 saturated carbocycles. The lowest BCUT2D eigenvalue weighted by Gasteiger charge is -2.09. The van der Waals surface area contributed by atoms with E-state index in [2.05, 4.69) is 15.5 Å². The first-order chi connectivity index (χ1) is 9.22. The molecule has 3 nitrogen and oxygen atoms in total. The molecule has 0 radical (unpaired) electrons. The highest BCUT2D eigenvalue weighted by Crippen LogP contribution is 2.24. The predicted molar refractivity (Wildman–Crippen MR) is 72.7 cm³/mol. The number of pyridine rings is 1. The Kier molecular flexibility index (Phi) is 3.17. The van der Waals surface area contributed by atoms with E-state index < -0.39 is 0 Å². The molecule has 1 aromatic heterocycles. The summed E-state index contributed by atoms with van der Waals surface area (Å²) in [5, 5.41) is 4.77. The van der Waals surface area contributed by atoms with Gasteiger partial charge in [0, 0.05) is 12.6 Å². The summed E-state index contributed by atoms with van der Waals surface area (Å²) in [6.07, 6.45) is 2.48. The molecule has 0 aliphatic carbocycles. The molecule has 1 N–H and O–H groups in total. The number of halogens is 2. The largest absolute Gasteiger partial charge is 0.302 e. The smallest absolute Gasteiger partial charge is 0.129 e. The number of hydrogen-bond donors (Lipinski definition) is 1. The van der Waals surface area contributed by atoms with E-state index in [1.165, 1.54) is 12.1 Å². The molecule has 19 heavy (non-hydrogen) atoms. The number of benzene rings is 1. The third-order valence-electron chi connectivity index (χ3n) is 3.08. The summed E-state index contributed by atoms with van der Waals surface area (Å²) in [7, 11) is 0. The average molecular weight is 276 g/mol. The molecule has 1 unspecified atom stereocenters. The fourth-order valence-electron chi connectivity index (χ4n) is 2.05. The topological polar surface area (TPSA) is 37.3 Å². The molecule has 0 amide bonds. The minimum absolute atomic E-state index is 0.0878. The van der Waals surface area contributed by atoms with Gasteiger partial charge in [-0.15, -0.1) is 0 Å². The van der Waals surface area contributed by atoms with Gasteiger partial charge < -0.3 is 5.43 Å². The van der Waals surface area contributed by atoms with Crippen molar-refractivity contribution in [2.24, 2.45) is 5.10 Å². The van der Waals surface area contributed by atoms with Crippen LogP contribution in [0.3, 0.4) is 0 Å². The lowest BCUT2D eigenvalue weighted by atomic mass is 10.0. The van der Waals surface area contributed by atoms with Gasteiger partial charge in [-0.3, -0.25) is 0 Å². The van der Waals surface area contributed by atoms with E-state index in [0.717, 1.165) is 23.3 Å². The van der Waals surface area contributed by atoms with Crippen molar-refractivity contribution in [3.63, 3.8) is 0 Å². The SMILES string of the molecule is Fc1ccc(C2=NNC(c3ccc(Cl)nc3)C2)cc1. The number of nitrogens with zero attached hydrogens (tertiary/aromatic N) is 2. The molecule has 1 aliphatic rings. The Morgan fingerprint density at radius 2 is 1.95 bits per heavy atom. The second-order valence-electron chi connectivity index (χ2n) is 4.37. The lowest BCUT2D eigenvalue weighted by Crippen LogP contribution is -2.10. The number of aromatic nitrogens is 1. The first-order valence-corrected chi connectivity index (χ1v) is 6.29. The first kappa shape index (κ1) is 12.1. The fraction of sp³-hybridized carbons (Fsp3) is 0.143. The maximum absolute atomic E-state index is 12.9. The van der Waals surface area contributed by atoms with E-state index in [4.69, 9.17) is 11.6 Å². The van der Waals surface area contributed by atoms with Crippen LogP contribution in [-0.4, -0.2) is 10.7 Å². The van der Waals surface area contributed by atoms with Crippen LogP contribution in [-0.2, 0) is 0 Å². The molecular weight excluding hydrogens is 265 g/mol. The Labute approximate surface area is 115 Å². The first-order valence-electron chi connectivity index (χ1n) is 5.92. The third kappa shape index (κ3) is 2.58. The van der Waals surface area contributed by atoms with Crippen molar-refractivity contribution < 1.29 is 4.39 Å². The molecule has 0 spiro atoms. The summed E-state index contributed by atoms with van der Waals surface area (Å²) >= 11 is 5.76. The molecule has 0 bridgehead atoms. The van der Waals surface area contributed by atoms with Gasteiger partial charge in [0.05, 0.1) is 11.8 Å². The van der Waals surface area contributed by atoms with Crippen molar-refractivity contribution in [3.8, 4) is 0 Å². The second kappa shape index (κ2) is 4.97. The van der Waals surface area contributed by atoms with E-state index in [-0.39, 0.29) is 11.9 Å².